The molecule has 1 amide bonds. The minimum atomic E-state index is -1.06. The highest BCUT2D eigenvalue weighted by Crippen LogP contribution is 2.37. The van der Waals surface area contributed by atoms with Gasteiger partial charge in [0.1, 0.15) is 0 Å². The molecule has 2 atom stereocenters. The van der Waals surface area contributed by atoms with E-state index in [0.717, 1.165) is 6.42 Å². The molecule has 0 bridgehead atoms. The maximum Gasteiger partial charge on any atom is 0.252 e. The molecular weight excluding hydrogens is 218 g/mol. The molecule has 1 aliphatic rings. The zero-order chi connectivity index (χ0) is 12.9. The third kappa shape index (κ3) is 3.53. The Labute approximate surface area is 102 Å². The van der Waals surface area contributed by atoms with Crippen molar-refractivity contribution in [1.29, 1.82) is 0 Å². The van der Waals surface area contributed by atoms with Crippen LogP contribution in [0, 0.1) is 0 Å². The number of carbonyl (C=O) groups is 2. The van der Waals surface area contributed by atoms with Crippen molar-refractivity contribution in [3.05, 3.63) is 24.3 Å². The van der Waals surface area contributed by atoms with Crippen LogP contribution in [-0.4, -0.2) is 23.4 Å². The summed E-state index contributed by atoms with van der Waals surface area (Å²) in [5.41, 5.74) is 4.07. The van der Waals surface area contributed by atoms with E-state index < -0.39 is 17.6 Å². The Bertz CT molecular complexity index is 360. The zero-order valence-corrected chi connectivity index (χ0v) is 10.3. The first-order valence-electron chi connectivity index (χ1n) is 5.79. The summed E-state index contributed by atoms with van der Waals surface area (Å²) in [7, 11) is 0. The molecule has 0 aromatic heterocycles. The van der Waals surface area contributed by atoms with Crippen molar-refractivity contribution in [3.8, 4) is 0 Å². The molecule has 0 radical (unpaired) electrons. The van der Waals surface area contributed by atoms with Gasteiger partial charge in [0, 0.05) is 6.42 Å². The SMILES string of the molecule is CC=CCC=CCCC(=O)C1OC1(C)C(N)=O. The summed E-state index contributed by atoms with van der Waals surface area (Å²) in [6.45, 7) is 3.52. The van der Waals surface area contributed by atoms with Crippen molar-refractivity contribution in [2.24, 2.45) is 5.73 Å². The number of amides is 1. The Morgan fingerprint density at radius 1 is 1.35 bits per heavy atom. The van der Waals surface area contributed by atoms with Crippen molar-refractivity contribution in [2.75, 3.05) is 0 Å². The number of ether oxygens (including phenoxy) is 1. The van der Waals surface area contributed by atoms with E-state index in [9.17, 15) is 9.59 Å². The normalized spacial score (nSPS) is 27.8. The predicted octanol–water partition coefficient (Wildman–Crippen LogP) is 1.50. The number of ketones is 1. The summed E-state index contributed by atoms with van der Waals surface area (Å²) >= 11 is 0. The standard InChI is InChI=1S/C13H19NO3/c1-3-4-5-6-7-8-9-10(15)11-13(2,17-11)12(14)16/h3-4,6-7,11H,5,8-9H2,1-2H3,(H2,14,16). The molecule has 1 saturated heterocycles. The Balaban J connectivity index is 2.24. The minimum Gasteiger partial charge on any atom is -0.367 e. The lowest BCUT2D eigenvalue weighted by Crippen LogP contribution is -2.33. The van der Waals surface area contributed by atoms with Gasteiger partial charge in [-0.25, -0.2) is 0 Å². The van der Waals surface area contributed by atoms with E-state index in [1.165, 1.54) is 0 Å². The number of allylic oxidation sites excluding steroid dienone is 4. The van der Waals surface area contributed by atoms with Gasteiger partial charge < -0.3 is 10.5 Å². The fourth-order valence-corrected chi connectivity index (χ4v) is 1.56. The van der Waals surface area contributed by atoms with Crippen LogP contribution in [0.1, 0.15) is 33.1 Å². The quantitative estimate of drug-likeness (QED) is 0.538. The van der Waals surface area contributed by atoms with Gasteiger partial charge in [-0.15, -0.1) is 0 Å². The minimum absolute atomic E-state index is 0.0537. The molecule has 4 nitrogen and oxygen atoms in total. The van der Waals surface area contributed by atoms with Crippen molar-refractivity contribution < 1.29 is 14.3 Å². The first-order valence-corrected chi connectivity index (χ1v) is 5.79. The number of hydrogen-bond acceptors (Lipinski definition) is 3. The van der Waals surface area contributed by atoms with E-state index in [4.69, 9.17) is 10.5 Å². The molecular formula is C13H19NO3. The number of carbonyl (C=O) groups excluding carboxylic acids is 2. The number of rotatable bonds is 7. The molecule has 1 fully saturated rings. The van der Waals surface area contributed by atoms with Gasteiger partial charge in [-0.1, -0.05) is 24.3 Å². The molecule has 2 unspecified atom stereocenters. The third-order valence-electron chi connectivity index (χ3n) is 2.82. The molecule has 1 heterocycles. The average Bonchev–Trinajstić information content (AvgIpc) is 2.97. The second kappa shape index (κ2) is 5.77. The van der Waals surface area contributed by atoms with Crippen LogP contribution in [0.3, 0.4) is 0 Å². The van der Waals surface area contributed by atoms with Gasteiger partial charge in [0.05, 0.1) is 0 Å². The first kappa shape index (κ1) is 13.6. The van der Waals surface area contributed by atoms with Crippen LogP contribution in [0.2, 0.25) is 0 Å². The van der Waals surface area contributed by atoms with Gasteiger partial charge in [-0.05, 0) is 26.7 Å². The van der Waals surface area contributed by atoms with Crippen molar-refractivity contribution in [1.82, 2.24) is 0 Å². The van der Waals surface area contributed by atoms with Crippen LogP contribution in [0.15, 0.2) is 24.3 Å². The Kier molecular flexibility index (Phi) is 4.63. The molecule has 4 heteroatoms. The maximum atomic E-state index is 11.6. The Morgan fingerprint density at radius 3 is 2.59 bits per heavy atom. The second-order valence-electron chi connectivity index (χ2n) is 4.25. The summed E-state index contributed by atoms with van der Waals surface area (Å²) in [6.07, 6.45) is 9.28. The van der Waals surface area contributed by atoms with E-state index >= 15 is 0 Å². The predicted molar refractivity (Wildman–Crippen MR) is 65.3 cm³/mol. The second-order valence-corrected chi connectivity index (χ2v) is 4.25. The molecule has 0 aromatic carbocycles. The summed E-state index contributed by atoms with van der Waals surface area (Å²) in [6, 6.07) is 0. The highest BCUT2D eigenvalue weighted by Gasteiger charge is 2.60. The summed E-state index contributed by atoms with van der Waals surface area (Å²) < 4.78 is 5.06. The van der Waals surface area contributed by atoms with Crippen LogP contribution in [0.4, 0.5) is 0 Å². The average molecular weight is 237 g/mol. The first-order chi connectivity index (χ1) is 8.02. The summed E-state index contributed by atoms with van der Waals surface area (Å²) in [4.78, 5) is 22.6. The van der Waals surface area contributed by atoms with Crippen LogP contribution in [-0.2, 0) is 14.3 Å². The van der Waals surface area contributed by atoms with E-state index in [1.807, 2.05) is 31.2 Å². The fourth-order valence-electron chi connectivity index (χ4n) is 1.56. The lowest BCUT2D eigenvalue weighted by Gasteiger charge is -1.98. The Morgan fingerprint density at radius 2 is 2.06 bits per heavy atom. The van der Waals surface area contributed by atoms with Crippen LogP contribution in [0.5, 0.6) is 0 Å². The van der Waals surface area contributed by atoms with E-state index in [1.54, 1.807) is 6.92 Å². The van der Waals surface area contributed by atoms with Crippen molar-refractivity contribution >= 4 is 11.7 Å². The summed E-state index contributed by atoms with van der Waals surface area (Å²) in [5, 5.41) is 0. The zero-order valence-electron chi connectivity index (χ0n) is 10.3. The summed E-state index contributed by atoms with van der Waals surface area (Å²) in [5.74, 6) is -0.624. The van der Waals surface area contributed by atoms with Crippen molar-refractivity contribution in [3.63, 3.8) is 0 Å². The lowest BCUT2D eigenvalue weighted by atomic mass is 10.0. The van der Waals surface area contributed by atoms with Gasteiger partial charge in [-0.3, -0.25) is 9.59 Å². The van der Waals surface area contributed by atoms with E-state index in [-0.39, 0.29) is 5.78 Å². The van der Waals surface area contributed by atoms with Gasteiger partial charge in [-0.2, -0.15) is 0 Å². The maximum absolute atomic E-state index is 11.6. The number of nitrogens with two attached hydrogens (primary N) is 1. The van der Waals surface area contributed by atoms with Crippen molar-refractivity contribution in [2.45, 2.75) is 44.8 Å². The van der Waals surface area contributed by atoms with Gasteiger partial charge in [0.2, 0.25) is 0 Å². The largest absolute Gasteiger partial charge is 0.367 e. The molecule has 0 saturated carbocycles. The molecule has 1 aliphatic heterocycles. The highest BCUT2D eigenvalue weighted by atomic mass is 16.6. The number of epoxide rings is 1. The van der Waals surface area contributed by atoms with E-state index in [0.29, 0.717) is 12.8 Å². The monoisotopic (exact) mass is 237 g/mol. The van der Waals surface area contributed by atoms with Gasteiger partial charge in [0.15, 0.2) is 17.5 Å². The topological polar surface area (TPSA) is 72.7 Å². The smallest absolute Gasteiger partial charge is 0.252 e. The van der Waals surface area contributed by atoms with Crippen LogP contribution < -0.4 is 5.73 Å². The van der Waals surface area contributed by atoms with Gasteiger partial charge in [0.25, 0.3) is 5.91 Å². The number of hydrogen-bond donors (Lipinski definition) is 1. The fraction of sp³-hybridized carbons (Fsp3) is 0.538. The number of Topliss-reactive ketones (excluding diaryl/α,β-unsaturated/α-hetero) is 1. The van der Waals surface area contributed by atoms with Crippen LogP contribution in [0.25, 0.3) is 0 Å². The molecule has 1 rings (SSSR count). The lowest BCUT2D eigenvalue weighted by molar-refractivity contribution is -0.123. The molecule has 0 aromatic rings. The Hall–Kier alpha value is -1.42. The number of primary amides is 1. The molecule has 0 spiro atoms. The van der Waals surface area contributed by atoms with E-state index in [2.05, 4.69) is 0 Å². The highest BCUT2D eigenvalue weighted by molar-refractivity contribution is 5.98. The molecule has 94 valence electrons. The molecule has 17 heavy (non-hydrogen) atoms. The third-order valence-corrected chi connectivity index (χ3v) is 2.82. The molecule has 2 N–H and O–H groups in total. The van der Waals surface area contributed by atoms with Gasteiger partial charge >= 0.3 is 0 Å². The van der Waals surface area contributed by atoms with Crippen LogP contribution >= 0.6 is 0 Å². The molecule has 0 aliphatic carbocycles.